The summed E-state index contributed by atoms with van der Waals surface area (Å²) in [5.74, 6) is -0.266. The second-order valence-corrected chi connectivity index (χ2v) is 3.36. The SMILES string of the molecule is CONC1CCCN(CC(N)=O)C1. The van der Waals surface area contributed by atoms with E-state index in [0.717, 1.165) is 25.9 Å². The van der Waals surface area contributed by atoms with E-state index in [4.69, 9.17) is 10.6 Å². The van der Waals surface area contributed by atoms with E-state index in [0.29, 0.717) is 12.6 Å². The average molecular weight is 187 g/mol. The zero-order valence-corrected chi connectivity index (χ0v) is 7.95. The first-order chi connectivity index (χ1) is 6.22. The van der Waals surface area contributed by atoms with Crippen molar-refractivity contribution in [3.63, 3.8) is 0 Å². The topological polar surface area (TPSA) is 67.6 Å². The van der Waals surface area contributed by atoms with Crippen LogP contribution < -0.4 is 11.2 Å². The van der Waals surface area contributed by atoms with Gasteiger partial charge in [-0.05, 0) is 19.4 Å². The van der Waals surface area contributed by atoms with Gasteiger partial charge in [0.1, 0.15) is 0 Å². The van der Waals surface area contributed by atoms with E-state index in [1.807, 2.05) is 4.90 Å². The molecule has 0 bridgehead atoms. The van der Waals surface area contributed by atoms with Crippen molar-refractivity contribution >= 4 is 5.91 Å². The molecule has 1 fully saturated rings. The van der Waals surface area contributed by atoms with Crippen LogP contribution in [0.2, 0.25) is 0 Å². The molecule has 76 valence electrons. The second kappa shape index (κ2) is 5.16. The molecule has 1 rings (SSSR count). The molecule has 5 heteroatoms. The molecule has 1 atom stereocenters. The molecule has 1 amide bonds. The maximum absolute atomic E-state index is 10.7. The number of nitrogens with zero attached hydrogens (tertiary/aromatic N) is 1. The first kappa shape index (κ1) is 10.4. The molecule has 5 nitrogen and oxygen atoms in total. The van der Waals surface area contributed by atoms with Crippen LogP contribution in [0.15, 0.2) is 0 Å². The first-order valence-electron chi connectivity index (χ1n) is 4.51. The Kier molecular flexibility index (Phi) is 4.14. The summed E-state index contributed by atoms with van der Waals surface area (Å²) in [6.45, 7) is 2.13. The lowest BCUT2D eigenvalue weighted by Gasteiger charge is -2.31. The Labute approximate surface area is 78.2 Å². The highest BCUT2D eigenvalue weighted by molar-refractivity contribution is 5.75. The van der Waals surface area contributed by atoms with E-state index in [-0.39, 0.29) is 5.91 Å². The van der Waals surface area contributed by atoms with E-state index in [2.05, 4.69) is 5.48 Å². The van der Waals surface area contributed by atoms with E-state index < -0.39 is 0 Å². The van der Waals surface area contributed by atoms with E-state index in [1.54, 1.807) is 7.11 Å². The molecule has 1 aliphatic heterocycles. The summed E-state index contributed by atoms with van der Waals surface area (Å²) in [5.41, 5.74) is 8.00. The fourth-order valence-electron chi connectivity index (χ4n) is 1.68. The minimum Gasteiger partial charge on any atom is -0.369 e. The number of piperidine rings is 1. The number of rotatable bonds is 4. The molecule has 0 spiro atoms. The van der Waals surface area contributed by atoms with Gasteiger partial charge in [-0.1, -0.05) is 0 Å². The number of nitrogens with two attached hydrogens (primary N) is 1. The quantitative estimate of drug-likeness (QED) is 0.559. The molecule has 13 heavy (non-hydrogen) atoms. The maximum atomic E-state index is 10.7. The van der Waals surface area contributed by atoms with Crippen LogP contribution in [0.5, 0.6) is 0 Å². The van der Waals surface area contributed by atoms with Crippen molar-refractivity contribution in [2.45, 2.75) is 18.9 Å². The van der Waals surface area contributed by atoms with Gasteiger partial charge in [-0.2, -0.15) is 5.48 Å². The number of hydroxylamine groups is 1. The lowest BCUT2D eigenvalue weighted by Crippen LogP contribution is -2.47. The average Bonchev–Trinajstić information content (AvgIpc) is 2.04. The van der Waals surface area contributed by atoms with Crippen LogP contribution >= 0.6 is 0 Å². The van der Waals surface area contributed by atoms with Crippen LogP contribution in [-0.4, -0.2) is 43.6 Å². The third kappa shape index (κ3) is 3.71. The number of primary amides is 1. The van der Waals surface area contributed by atoms with Crippen molar-refractivity contribution in [3.8, 4) is 0 Å². The predicted octanol–water partition coefficient (Wildman–Crippen LogP) is -0.913. The normalized spacial score (nSPS) is 24.5. The smallest absolute Gasteiger partial charge is 0.231 e. The lowest BCUT2D eigenvalue weighted by atomic mass is 10.1. The van der Waals surface area contributed by atoms with E-state index in [9.17, 15) is 4.79 Å². The Hall–Kier alpha value is -0.650. The molecular weight excluding hydrogens is 170 g/mol. The van der Waals surface area contributed by atoms with Gasteiger partial charge in [0.15, 0.2) is 0 Å². The zero-order valence-electron chi connectivity index (χ0n) is 7.95. The Bertz CT molecular complexity index is 173. The van der Waals surface area contributed by atoms with Gasteiger partial charge in [-0.3, -0.25) is 9.69 Å². The van der Waals surface area contributed by atoms with Crippen LogP contribution in [-0.2, 0) is 9.63 Å². The molecule has 0 saturated carbocycles. The van der Waals surface area contributed by atoms with Crippen LogP contribution in [0.1, 0.15) is 12.8 Å². The number of hydrogen-bond acceptors (Lipinski definition) is 4. The molecule has 0 aromatic heterocycles. The monoisotopic (exact) mass is 187 g/mol. The predicted molar refractivity (Wildman–Crippen MR) is 48.8 cm³/mol. The number of hydrogen-bond donors (Lipinski definition) is 2. The van der Waals surface area contributed by atoms with Gasteiger partial charge in [0.05, 0.1) is 13.7 Å². The van der Waals surface area contributed by atoms with Crippen molar-refractivity contribution in [1.29, 1.82) is 0 Å². The second-order valence-electron chi connectivity index (χ2n) is 3.36. The third-order valence-corrected chi connectivity index (χ3v) is 2.17. The van der Waals surface area contributed by atoms with Crippen molar-refractivity contribution in [2.24, 2.45) is 5.73 Å². The molecule has 1 saturated heterocycles. The Balaban J connectivity index is 2.28. The Morgan fingerprint density at radius 3 is 3.15 bits per heavy atom. The van der Waals surface area contributed by atoms with E-state index >= 15 is 0 Å². The van der Waals surface area contributed by atoms with Gasteiger partial charge in [-0.25, -0.2) is 0 Å². The number of nitrogens with one attached hydrogen (secondary N) is 1. The van der Waals surface area contributed by atoms with Crippen molar-refractivity contribution in [2.75, 3.05) is 26.7 Å². The minimum atomic E-state index is -0.266. The first-order valence-corrected chi connectivity index (χ1v) is 4.51. The van der Waals surface area contributed by atoms with Gasteiger partial charge in [0, 0.05) is 12.6 Å². The van der Waals surface area contributed by atoms with Crippen molar-refractivity contribution in [3.05, 3.63) is 0 Å². The highest BCUT2D eigenvalue weighted by atomic mass is 16.6. The number of carbonyl (C=O) groups excluding carboxylic acids is 1. The summed E-state index contributed by atoms with van der Waals surface area (Å²) in [6.07, 6.45) is 2.16. The van der Waals surface area contributed by atoms with Gasteiger partial charge < -0.3 is 10.6 Å². The zero-order chi connectivity index (χ0) is 9.68. The van der Waals surface area contributed by atoms with Crippen LogP contribution in [0.25, 0.3) is 0 Å². The summed E-state index contributed by atoms with van der Waals surface area (Å²) >= 11 is 0. The van der Waals surface area contributed by atoms with Crippen LogP contribution in [0.4, 0.5) is 0 Å². The maximum Gasteiger partial charge on any atom is 0.231 e. The summed E-state index contributed by atoms with van der Waals surface area (Å²) in [7, 11) is 1.60. The summed E-state index contributed by atoms with van der Waals surface area (Å²) in [4.78, 5) is 17.5. The number of carbonyl (C=O) groups is 1. The highest BCUT2D eigenvalue weighted by Gasteiger charge is 2.20. The highest BCUT2D eigenvalue weighted by Crippen LogP contribution is 2.08. The molecule has 0 aromatic carbocycles. The number of amides is 1. The third-order valence-electron chi connectivity index (χ3n) is 2.17. The summed E-state index contributed by atoms with van der Waals surface area (Å²) < 4.78 is 0. The standard InChI is InChI=1S/C8H17N3O2/c1-13-10-7-3-2-4-11(5-7)6-8(9)12/h7,10H,2-6H2,1H3,(H2,9,12). The summed E-state index contributed by atoms with van der Waals surface area (Å²) in [5, 5.41) is 0. The van der Waals surface area contributed by atoms with Crippen molar-refractivity contribution in [1.82, 2.24) is 10.4 Å². The van der Waals surface area contributed by atoms with Crippen molar-refractivity contribution < 1.29 is 9.63 Å². The van der Waals surface area contributed by atoms with Crippen LogP contribution in [0, 0.1) is 0 Å². The molecule has 0 aromatic rings. The van der Waals surface area contributed by atoms with Gasteiger partial charge in [-0.15, -0.1) is 0 Å². The fourth-order valence-corrected chi connectivity index (χ4v) is 1.68. The molecule has 1 aliphatic rings. The lowest BCUT2D eigenvalue weighted by molar-refractivity contribution is -0.119. The minimum absolute atomic E-state index is 0.266. The van der Waals surface area contributed by atoms with E-state index in [1.165, 1.54) is 0 Å². The molecular formula is C8H17N3O2. The van der Waals surface area contributed by atoms with Gasteiger partial charge in [0.25, 0.3) is 0 Å². The molecule has 0 aliphatic carbocycles. The fraction of sp³-hybridized carbons (Fsp3) is 0.875. The molecule has 1 unspecified atom stereocenters. The molecule has 0 radical (unpaired) electrons. The van der Waals surface area contributed by atoms with Gasteiger partial charge >= 0.3 is 0 Å². The van der Waals surface area contributed by atoms with Gasteiger partial charge in [0.2, 0.25) is 5.91 Å². The van der Waals surface area contributed by atoms with Crippen LogP contribution in [0.3, 0.4) is 0 Å². The Morgan fingerprint density at radius 2 is 2.54 bits per heavy atom. The molecule has 3 N–H and O–H groups in total. The largest absolute Gasteiger partial charge is 0.369 e. The molecule has 1 heterocycles. The summed E-state index contributed by atoms with van der Waals surface area (Å²) in [6, 6.07) is 0.318. The number of likely N-dealkylation sites (tertiary alicyclic amines) is 1. The Morgan fingerprint density at radius 1 is 1.77 bits per heavy atom.